The van der Waals surface area contributed by atoms with Gasteiger partial charge in [-0.1, -0.05) is 11.6 Å². The van der Waals surface area contributed by atoms with Gasteiger partial charge in [-0.3, -0.25) is 4.99 Å². The van der Waals surface area contributed by atoms with Gasteiger partial charge < -0.3 is 16.2 Å². The van der Waals surface area contributed by atoms with Crippen LogP contribution >= 0.6 is 11.6 Å². The van der Waals surface area contributed by atoms with Crippen molar-refractivity contribution >= 4 is 17.6 Å². The fourth-order valence-corrected chi connectivity index (χ4v) is 0.971. The Bertz CT molecular complexity index is 325. The van der Waals surface area contributed by atoms with Gasteiger partial charge in [0.05, 0.1) is 6.54 Å². The lowest BCUT2D eigenvalue weighted by molar-refractivity contribution is 0.316. The molecule has 1 rings (SSSR count). The Hall–Kier alpha value is -1.49. The number of aromatic nitrogens is 1. The van der Waals surface area contributed by atoms with Crippen LogP contribution in [0.4, 0.5) is 0 Å². The molecule has 0 amide bonds. The predicted molar refractivity (Wildman–Crippen MR) is 55.4 cm³/mol. The van der Waals surface area contributed by atoms with Crippen LogP contribution in [-0.2, 0) is 0 Å². The first-order valence-electron chi connectivity index (χ1n) is 3.99. The molecule has 0 atom stereocenters. The largest absolute Gasteiger partial charge is 0.475 e. The molecule has 0 spiro atoms. The minimum atomic E-state index is 0.0423. The molecule has 0 aliphatic heterocycles. The first kappa shape index (κ1) is 10.6. The lowest BCUT2D eigenvalue weighted by atomic mass is 10.5. The van der Waals surface area contributed by atoms with Gasteiger partial charge in [0.2, 0.25) is 5.88 Å². The SMILES string of the molecule is NC(N)=NCCOc1ncccc1Cl. The van der Waals surface area contributed by atoms with Crippen LogP contribution in [0.1, 0.15) is 0 Å². The Labute approximate surface area is 86.7 Å². The zero-order valence-corrected chi connectivity index (χ0v) is 8.24. The van der Waals surface area contributed by atoms with E-state index in [0.717, 1.165) is 0 Å². The number of hydrogen-bond acceptors (Lipinski definition) is 3. The van der Waals surface area contributed by atoms with Crippen LogP contribution in [0.15, 0.2) is 23.3 Å². The van der Waals surface area contributed by atoms with Crippen LogP contribution < -0.4 is 16.2 Å². The molecule has 1 heterocycles. The first-order valence-corrected chi connectivity index (χ1v) is 4.36. The summed E-state index contributed by atoms with van der Waals surface area (Å²) in [6.07, 6.45) is 1.60. The van der Waals surface area contributed by atoms with Crippen LogP contribution in [0.5, 0.6) is 5.88 Å². The Kier molecular flexibility index (Phi) is 4.00. The molecule has 6 heteroatoms. The van der Waals surface area contributed by atoms with Crippen molar-refractivity contribution in [2.24, 2.45) is 16.5 Å². The number of ether oxygens (including phenoxy) is 1. The topological polar surface area (TPSA) is 86.5 Å². The summed E-state index contributed by atoms with van der Waals surface area (Å²) in [4.78, 5) is 7.68. The fourth-order valence-electron chi connectivity index (χ4n) is 0.794. The number of rotatable bonds is 4. The Morgan fingerprint density at radius 1 is 1.57 bits per heavy atom. The summed E-state index contributed by atoms with van der Waals surface area (Å²) < 4.78 is 5.23. The molecular formula is C8H11ClN4O. The van der Waals surface area contributed by atoms with Gasteiger partial charge in [0.25, 0.3) is 0 Å². The molecule has 0 aliphatic carbocycles. The molecule has 4 N–H and O–H groups in total. The van der Waals surface area contributed by atoms with Crippen molar-refractivity contribution in [3.8, 4) is 5.88 Å². The van der Waals surface area contributed by atoms with Crippen LogP contribution in [0, 0.1) is 0 Å². The van der Waals surface area contributed by atoms with E-state index in [0.29, 0.717) is 24.1 Å². The number of nitrogens with two attached hydrogens (primary N) is 2. The summed E-state index contributed by atoms with van der Waals surface area (Å²) in [6, 6.07) is 3.43. The van der Waals surface area contributed by atoms with Gasteiger partial charge in [-0.25, -0.2) is 4.98 Å². The molecule has 1 aromatic heterocycles. The molecule has 76 valence electrons. The number of halogens is 1. The van der Waals surface area contributed by atoms with Crippen LogP contribution in [0.3, 0.4) is 0 Å². The second-order valence-corrected chi connectivity index (χ2v) is 2.85. The van der Waals surface area contributed by atoms with E-state index in [1.807, 2.05) is 0 Å². The molecule has 0 aromatic carbocycles. The second-order valence-electron chi connectivity index (χ2n) is 2.45. The van der Waals surface area contributed by atoms with Crippen molar-refractivity contribution in [1.29, 1.82) is 0 Å². The lowest BCUT2D eigenvalue weighted by Gasteiger charge is -2.03. The van der Waals surface area contributed by atoms with Gasteiger partial charge in [-0.15, -0.1) is 0 Å². The highest BCUT2D eigenvalue weighted by Crippen LogP contribution is 2.19. The van der Waals surface area contributed by atoms with Crippen LogP contribution in [-0.4, -0.2) is 24.1 Å². The zero-order chi connectivity index (χ0) is 10.4. The van der Waals surface area contributed by atoms with E-state index in [9.17, 15) is 0 Å². The van der Waals surface area contributed by atoms with Crippen molar-refractivity contribution in [3.05, 3.63) is 23.4 Å². The van der Waals surface area contributed by atoms with E-state index in [1.165, 1.54) is 0 Å². The van der Waals surface area contributed by atoms with E-state index in [-0.39, 0.29) is 5.96 Å². The van der Waals surface area contributed by atoms with Crippen molar-refractivity contribution in [3.63, 3.8) is 0 Å². The van der Waals surface area contributed by atoms with Gasteiger partial charge in [-0.2, -0.15) is 0 Å². The predicted octanol–water partition coefficient (Wildman–Crippen LogP) is 0.387. The molecule has 0 bridgehead atoms. The van der Waals surface area contributed by atoms with Crippen molar-refractivity contribution in [2.45, 2.75) is 0 Å². The highest BCUT2D eigenvalue weighted by Gasteiger charge is 1.99. The summed E-state index contributed by atoms with van der Waals surface area (Å²) in [5, 5.41) is 0.470. The maximum Gasteiger partial charge on any atom is 0.232 e. The molecular weight excluding hydrogens is 204 g/mol. The smallest absolute Gasteiger partial charge is 0.232 e. The Morgan fingerprint density at radius 3 is 3.00 bits per heavy atom. The number of guanidine groups is 1. The molecule has 0 radical (unpaired) electrons. The second kappa shape index (κ2) is 5.29. The maximum atomic E-state index is 5.79. The molecule has 14 heavy (non-hydrogen) atoms. The zero-order valence-electron chi connectivity index (χ0n) is 7.48. The van der Waals surface area contributed by atoms with E-state index < -0.39 is 0 Å². The molecule has 0 fully saturated rings. The van der Waals surface area contributed by atoms with Crippen molar-refractivity contribution in [2.75, 3.05) is 13.2 Å². The minimum Gasteiger partial charge on any atom is -0.475 e. The van der Waals surface area contributed by atoms with Gasteiger partial charge in [0, 0.05) is 6.20 Å². The first-order chi connectivity index (χ1) is 6.70. The molecule has 5 nitrogen and oxygen atoms in total. The van der Waals surface area contributed by atoms with E-state index in [4.69, 9.17) is 27.8 Å². The van der Waals surface area contributed by atoms with Gasteiger partial charge in [0.1, 0.15) is 11.6 Å². The average Bonchev–Trinajstić information content (AvgIpc) is 2.15. The summed E-state index contributed by atoms with van der Waals surface area (Å²) in [5.41, 5.74) is 10.3. The number of aliphatic imine (C=N–C) groups is 1. The highest BCUT2D eigenvalue weighted by atomic mass is 35.5. The van der Waals surface area contributed by atoms with Gasteiger partial charge >= 0.3 is 0 Å². The fraction of sp³-hybridized carbons (Fsp3) is 0.250. The quantitative estimate of drug-likeness (QED) is 0.431. The average molecular weight is 215 g/mol. The lowest BCUT2D eigenvalue weighted by Crippen LogP contribution is -2.23. The van der Waals surface area contributed by atoms with Crippen molar-refractivity contribution in [1.82, 2.24) is 4.98 Å². The summed E-state index contributed by atoms with van der Waals surface area (Å²) in [6.45, 7) is 0.726. The molecule has 0 aliphatic rings. The van der Waals surface area contributed by atoms with Crippen molar-refractivity contribution < 1.29 is 4.74 Å². The summed E-state index contributed by atoms with van der Waals surface area (Å²) >= 11 is 5.79. The molecule has 0 unspecified atom stereocenters. The van der Waals surface area contributed by atoms with Crippen LogP contribution in [0.2, 0.25) is 5.02 Å². The normalized spacial score (nSPS) is 9.50. The van der Waals surface area contributed by atoms with Gasteiger partial charge in [0.15, 0.2) is 5.96 Å². The number of hydrogen-bond donors (Lipinski definition) is 2. The minimum absolute atomic E-state index is 0.0423. The monoisotopic (exact) mass is 214 g/mol. The standard InChI is InChI=1S/C8H11ClN4O/c9-6-2-1-3-12-7(6)14-5-4-13-8(10)11/h1-3H,4-5H2,(H4,10,11,13). The Balaban J connectivity index is 2.39. The number of nitrogens with zero attached hydrogens (tertiary/aromatic N) is 2. The number of pyridine rings is 1. The molecule has 1 aromatic rings. The molecule has 0 saturated carbocycles. The van der Waals surface area contributed by atoms with Crippen LogP contribution in [0.25, 0.3) is 0 Å². The van der Waals surface area contributed by atoms with E-state index in [1.54, 1.807) is 18.3 Å². The Morgan fingerprint density at radius 2 is 2.36 bits per heavy atom. The summed E-state index contributed by atoms with van der Waals surface area (Å²) in [5.74, 6) is 0.431. The third-order valence-corrected chi connectivity index (χ3v) is 1.64. The molecule has 0 saturated heterocycles. The summed E-state index contributed by atoms with van der Waals surface area (Å²) in [7, 11) is 0. The van der Waals surface area contributed by atoms with E-state index >= 15 is 0 Å². The maximum absolute atomic E-state index is 5.79. The third kappa shape index (κ3) is 3.49. The highest BCUT2D eigenvalue weighted by molar-refractivity contribution is 6.31. The van der Waals surface area contributed by atoms with Gasteiger partial charge in [-0.05, 0) is 12.1 Å². The third-order valence-electron chi connectivity index (χ3n) is 1.35. The van der Waals surface area contributed by atoms with E-state index in [2.05, 4.69) is 9.98 Å².